The number of hydrogen-bond acceptors (Lipinski definition) is 5. The van der Waals surface area contributed by atoms with Crippen LogP contribution in [0.1, 0.15) is 0 Å². The number of rotatable bonds is 2. The van der Waals surface area contributed by atoms with E-state index in [4.69, 9.17) is 0 Å². The molecule has 0 aliphatic rings. The summed E-state index contributed by atoms with van der Waals surface area (Å²) in [5, 5.41) is 25.5. The first kappa shape index (κ1) is 9.06. The Morgan fingerprint density at radius 2 is 2.33 bits per heavy atom. The van der Waals surface area contributed by atoms with E-state index in [-0.39, 0.29) is 11.5 Å². The molecule has 0 fully saturated rings. The predicted octanol–water partition coefficient (Wildman–Crippen LogP) is -0.191. The molecule has 0 radical (unpaired) electrons. The number of pyridine rings is 1. The SMILES string of the molecule is O=[N+]([O-])c1cc[n+]([O-])c(-n2cncn2)c1. The van der Waals surface area contributed by atoms with Gasteiger partial charge in [0.05, 0.1) is 11.0 Å². The Hall–Kier alpha value is -2.51. The van der Waals surface area contributed by atoms with Crippen molar-refractivity contribution >= 4 is 5.69 Å². The quantitative estimate of drug-likeness (QED) is 0.294. The van der Waals surface area contributed by atoms with Gasteiger partial charge in [-0.15, -0.1) is 0 Å². The van der Waals surface area contributed by atoms with Gasteiger partial charge in [0.15, 0.2) is 6.33 Å². The van der Waals surface area contributed by atoms with Gasteiger partial charge in [-0.25, -0.2) is 4.73 Å². The summed E-state index contributed by atoms with van der Waals surface area (Å²) in [5.74, 6) is 0.0294. The fraction of sp³-hybridized carbons (Fsp3) is 0. The summed E-state index contributed by atoms with van der Waals surface area (Å²) < 4.78 is 1.63. The molecule has 8 nitrogen and oxygen atoms in total. The minimum atomic E-state index is -0.583. The molecule has 2 aromatic heterocycles. The minimum absolute atomic E-state index is 0.0294. The second kappa shape index (κ2) is 3.33. The molecule has 15 heavy (non-hydrogen) atoms. The molecule has 0 bridgehead atoms. The molecule has 0 aliphatic heterocycles. The van der Waals surface area contributed by atoms with Gasteiger partial charge in [0.1, 0.15) is 12.3 Å². The Balaban J connectivity index is 2.55. The smallest absolute Gasteiger partial charge is 0.318 e. The van der Waals surface area contributed by atoms with Crippen LogP contribution < -0.4 is 4.73 Å². The van der Waals surface area contributed by atoms with Crippen LogP contribution in [0.3, 0.4) is 0 Å². The molecule has 0 unspecified atom stereocenters. The Labute approximate surface area is 83.1 Å². The summed E-state index contributed by atoms with van der Waals surface area (Å²) in [6.45, 7) is 0. The van der Waals surface area contributed by atoms with E-state index in [1.54, 1.807) is 0 Å². The standard InChI is InChI=1S/C7H5N5O3/c13-11-2-1-6(12(14)15)3-7(11)10-5-8-4-9-10/h1-5H. The van der Waals surface area contributed by atoms with Gasteiger partial charge in [0, 0.05) is 0 Å². The Bertz CT molecular complexity index is 495. The van der Waals surface area contributed by atoms with Crippen LogP contribution in [-0.2, 0) is 0 Å². The number of hydrogen-bond donors (Lipinski definition) is 0. The van der Waals surface area contributed by atoms with Crippen molar-refractivity contribution in [1.82, 2.24) is 14.8 Å². The second-order valence-electron chi connectivity index (χ2n) is 2.67. The highest BCUT2D eigenvalue weighted by Crippen LogP contribution is 2.11. The van der Waals surface area contributed by atoms with Crippen molar-refractivity contribution in [1.29, 1.82) is 0 Å². The molecule has 2 heterocycles. The largest absolute Gasteiger partial charge is 0.711 e. The lowest BCUT2D eigenvalue weighted by Crippen LogP contribution is -2.31. The average molecular weight is 207 g/mol. The molecule has 0 N–H and O–H groups in total. The highest BCUT2D eigenvalue weighted by atomic mass is 16.6. The van der Waals surface area contributed by atoms with Crippen molar-refractivity contribution in [2.75, 3.05) is 0 Å². The van der Waals surface area contributed by atoms with Crippen molar-refractivity contribution in [3.8, 4) is 5.82 Å². The van der Waals surface area contributed by atoms with Crippen LogP contribution in [0.5, 0.6) is 0 Å². The molecule has 0 aliphatic carbocycles. The van der Waals surface area contributed by atoms with Crippen LogP contribution in [-0.4, -0.2) is 19.7 Å². The van der Waals surface area contributed by atoms with Crippen LogP contribution in [0, 0.1) is 15.3 Å². The van der Waals surface area contributed by atoms with E-state index in [0.29, 0.717) is 4.73 Å². The molecule has 0 aromatic carbocycles. The third kappa shape index (κ3) is 1.59. The van der Waals surface area contributed by atoms with Gasteiger partial charge in [0.2, 0.25) is 6.33 Å². The maximum Gasteiger partial charge on any atom is 0.318 e. The van der Waals surface area contributed by atoms with Crippen LogP contribution >= 0.6 is 0 Å². The predicted molar refractivity (Wildman–Crippen MR) is 47.0 cm³/mol. The number of nitrogens with zero attached hydrogens (tertiary/aromatic N) is 5. The van der Waals surface area contributed by atoms with Crippen molar-refractivity contribution in [3.63, 3.8) is 0 Å². The van der Waals surface area contributed by atoms with E-state index < -0.39 is 4.92 Å². The maximum atomic E-state index is 11.3. The molecule has 0 saturated heterocycles. The maximum absolute atomic E-state index is 11.3. The molecule has 0 spiro atoms. The van der Waals surface area contributed by atoms with Crippen molar-refractivity contribution in [2.24, 2.45) is 0 Å². The van der Waals surface area contributed by atoms with Crippen LogP contribution in [0.2, 0.25) is 0 Å². The molecule has 0 saturated carbocycles. The summed E-state index contributed by atoms with van der Waals surface area (Å²) in [7, 11) is 0. The van der Waals surface area contributed by atoms with E-state index >= 15 is 0 Å². The monoisotopic (exact) mass is 207 g/mol. The zero-order valence-electron chi connectivity index (χ0n) is 7.35. The summed E-state index contributed by atoms with van der Waals surface area (Å²) in [4.78, 5) is 13.5. The van der Waals surface area contributed by atoms with Gasteiger partial charge < -0.3 is 5.21 Å². The summed E-state index contributed by atoms with van der Waals surface area (Å²) in [6, 6.07) is 2.25. The van der Waals surface area contributed by atoms with Gasteiger partial charge in [-0.05, 0) is 0 Å². The molecule has 8 heteroatoms. The normalized spacial score (nSPS) is 10.1. The molecule has 0 amide bonds. The molecule has 0 atom stereocenters. The summed E-state index contributed by atoms with van der Waals surface area (Å²) >= 11 is 0. The Kier molecular flexibility index (Phi) is 2.01. The first-order valence-corrected chi connectivity index (χ1v) is 3.91. The first-order chi connectivity index (χ1) is 7.18. The van der Waals surface area contributed by atoms with Crippen molar-refractivity contribution in [2.45, 2.75) is 0 Å². The van der Waals surface area contributed by atoms with Gasteiger partial charge in [0.25, 0.3) is 5.69 Å². The van der Waals surface area contributed by atoms with Crippen LogP contribution in [0.4, 0.5) is 5.69 Å². The Morgan fingerprint density at radius 1 is 1.53 bits per heavy atom. The fourth-order valence-corrected chi connectivity index (χ4v) is 1.07. The van der Waals surface area contributed by atoms with E-state index in [0.717, 1.165) is 23.0 Å². The summed E-state index contributed by atoms with van der Waals surface area (Å²) in [5.41, 5.74) is -0.174. The van der Waals surface area contributed by atoms with Gasteiger partial charge in [-0.3, -0.25) is 10.1 Å². The number of nitro groups is 1. The van der Waals surface area contributed by atoms with Gasteiger partial charge in [-0.1, -0.05) is 9.78 Å². The third-order valence-electron chi connectivity index (χ3n) is 1.75. The first-order valence-electron chi connectivity index (χ1n) is 3.91. The topological polar surface area (TPSA) is 101 Å². The van der Waals surface area contributed by atoms with E-state index in [1.807, 2.05) is 0 Å². The second-order valence-corrected chi connectivity index (χ2v) is 2.67. The Morgan fingerprint density at radius 3 is 2.93 bits per heavy atom. The van der Waals surface area contributed by atoms with Gasteiger partial charge >= 0.3 is 5.82 Å². The van der Waals surface area contributed by atoms with Gasteiger partial charge in [-0.2, -0.15) is 4.98 Å². The van der Waals surface area contributed by atoms with Crippen molar-refractivity contribution in [3.05, 3.63) is 46.3 Å². The average Bonchev–Trinajstić information content (AvgIpc) is 2.71. The summed E-state index contributed by atoms with van der Waals surface area (Å²) in [6.07, 6.45) is 3.57. The lowest BCUT2D eigenvalue weighted by Gasteiger charge is -2.04. The van der Waals surface area contributed by atoms with E-state index in [1.165, 1.54) is 12.7 Å². The van der Waals surface area contributed by atoms with Crippen molar-refractivity contribution < 1.29 is 9.65 Å². The van der Waals surface area contributed by atoms with E-state index in [2.05, 4.69) is 10.1 Å². The molecular formula is C7H5N5O3. The highest BCUT2D eigenvalue weighted by molar-refractivity contribution is 5.32. The van der Waals surface area contributed by atoms with Crippen LogP contribution in [0.25, 0.3) is 5.82 Å². The molecule has 2 aromatic rings. The fourth-order valence-electron chi connectivity index (χ4n) is 1.07. The molecule has 2 rings (SSSR count). The zero-order valence-corrected chi connectivity index (χ0v) is 7.35. The molecular weight excluding hydrogens is 202 g/mol. The third-order valence-corrected chi connectivity index (χ3v) is 1.75. The van der Waals surface area contributed by atoms with E-state index in [9.17, 15) is 15.3 Å². The zero-order chi connectivity index (χ0) is 10.8. The minimum Gasteiger partial charge on any atom is -0.711 e. The number of aromatic nitrogens is 4. The molecule has 76 valence electrons. The lowest BCUT2D eigenvalue weighted by molar-refractivity contribution is -0.600. The highest BCUT2D eigenvalue weighted by Gasteiger charge is 2.15. The van der Waals surface area contributed by atoms with Crippen LogP contribution in [0.15, 0.2) is 31.0 Å². The lowest BCUT2D eigenvalue weighted by atomic mass is 10.4.